The zero-order valence-corrected chi connectivity index (χ0v) is 15.0. The van der Waals surface area contributed by atoms with E-state index in [-0.39, 0.29) is 0 Å². The summed E-state index contributed by atoms with van der Waals surface area (Å²) < 4.78 is 6.41. The first-order valence-electron chi connectivity index (χ1n) is 8.77. The van der Waals surface area contributed by atoms with Crippen molar-refractivity contribution in [1.29, 1.82) is 0 Å². The molecule has 1 nitrogen and oxygen atoms in total. The van der Waals surface area contributed by atoms with Crippen molar-refractivity contribution < 1.29 is 4.74 Å². The summed E-state index contributed by atoms with van der Waals surface area (Å²) in [4.78, 5) is 0. The van der Waals surface area contributed by atoms with Crippen molar-refractivity contribution in [3.05, 3.63) is 83.4 Å². The fourth-order valence-electron chi connectivity index (χ4n) is 3.58. The summed E-state index contributed by atoms with van der Waals surface area (Å²) in [7, 11) is 0. The van der Waals surface area contributed by atoms with Crippen LogP contribution in [0.25, 0.3) is 28.2 Å². The van der Waals surface area contributed by atoms with Gasteiger partial charge in [-0.25, -0.2) is 0 Å². The second-order valence-electron chi connectivity index (χ2n) is 6.92. The van der Waals surface area contributed by atoms with Gasteiger partial charge in [0.25, 0.3) is 0 Å². The van der Waals surface area contributed by atoms with Crippen LogP contribution in [-0.4, -0.2) is 0 Å². The van der Waals surface area contributed by atoms with E-state index in [1.165, 1.54) is 27.5 Å². The van der Waals surface area contributed by atoms with E-state index in [9.17, 15) is 0 Å². The van der Waals surface area contributed by atoms with E-state index in [4.69, 9.17) is 4.74 Å². The second-order valence-corrected chi connectivity index (χ2v) is 6.92. The van der Waals surface area contributed by atoms with Crippen LogP contribution in [0, 0.1) is 0 Å². The number of ether oxygens (including phenoxy) is 1. The Morgan fingerprint density at radius 1 is 0.960 bits per heavy atom. The SMILES string of the molecule is C=Cc1ccc(C(C)C)cc1C1=C(C)c2cccc3cccc(c23)O1. The molecule has 0 spiro atoms. The normalized spacial score (nSPS) is 13.3. The lowest BCUT2D eigenvalue weighted by Crippen LogP contribution is -2.06. The zero-order chi connectivity index (χ0) is 17.6. The van der Waals surface area contributed by atoms with Crippen LogP contribution in [0.1, 0.15) is 48.9 Å². The van der Waals surface area contributed by atoms with Gasteiger partial charge >= 0.3 is 0 Å². The first kappa shape index (κ1) is 15.7. The van der Waals surface area contributed by atoms with E-state index >= 15 is 0 Å². The van der Waals surface area contributed by atoms with E-state index in [0.717, 1.165) is 22.6 Å². The maximum Gasteiger partial charge on any atom is 0.138 e. The van der Waals surface area contributed by atoms with Crippen LogP contribution in [0.3, 0.4) is 0 Å². The molecular formula is C24H22O. The Morgan fingerprint density at radius 2 is 1.72 bits per heavy atom. The molecule has 124 valence electrons. The van der Waals surface area contributed by atoms with Crippen LogP contribution >= 0.6 is 0 Å². The summed E-state index contributed by atoms with van der Waals surface area (Å²) in [6.45, 7) is 10.6. The molecule has 4 rings (SSSR count). The fourth-order valence-corrected chi connectivity index (χ4v) is 3.58. The predicted molar refractivity (Wildman–Crippen MR) is 108 cm³/mol. The Hall–Kier alpha value is -2.80. The molecule has 0 unspecified atom stereocenters. The number of allylic oxidation sites excluding steroid dienone is 1. The van der Waals surface area contributed by atoms with Crippen molar-refractivity contribution in [2.24, 2.45) is 0 Å². The van der Waals surface area contributed by atoms with Crippen LogP contribution < -0.4 is 4.74 Å². The minimum atomic E-state index is 0.470. The topological polar surface area (TPSA) is 9.23 Å². The summed E-state index contributed by atoms with van der Waals surface area (Å²) in [5.41, 5.74) is 5.95. The molecule has 0 fully saturated rings. The molecule has 0 bridgehead atoms. The van der Waals surface area contributed by atoms with Crippen molar-refractivity contribution in [3.63, 3.8) is 0 Å². The van der Waals surface area contributed by atoms with Crippen molar-refractivity contribution >= 4 is 28.2 Å². The number of hydrogen-bond acceptors (Lipinski definition) is 1. The Kier molecular flexibility index (Phi) is 3.73. The summed E-state index contributed by atoms with van der Waals surface area (Å²) in [6.07, 6.45) is 1.91. The van der Waals surface area contributed by atoms with E-state index in [1.807, 2.05) is 6.08 Å². The third-order valence-corrected chi connectivity index (χ3v) is 5.03. The molecule has 3 aromatic carbocycles. The van der Waals surface area contributed by atoms with Gasteiger partial charge < -0.3 is 4.74 Å². The van der Waals surface area contributed by atoms with E-state index < -0.39 is 0 Å². The maximum atomic E-state index is 6.41. The average Bonchev–Trinajstić information content (AvgIpc) is 2.64. The number of rotatable bonds is 3. The smallest absolute Gasteiger partial charge is 0.138 e. The largest absolute Gasteiger partial charge is 0.456 e. The molecule has 0 saturated heterocycles. The lowest BCUT2D eigenvalue weighted by atomic mass is 9.90. The lowest BCUT2D eigenvalue weighted by molar-refractivity contribution is 0.519. The molecule has 1 aliphatic heterocycles. The van der Waals surface area contributed by atoms with Gasteiger partial charge in [-0.3, -0.25) is 0 Å². The fraction of sp³-hybridized carbons (Fsp3) is 0.167. The second kappa shape index (κ2) is 5.93. The zero-order valence-electron chi connectivity index (χ0n) is 15.0. The van der Waals surface area contributed by atoms with Gasteiger partial charge in [0, 0.05) is 16.5 Å². The Labute approximate surface area is 149 Å². The highest BCUT2D eigenvalue weighted by Gasteiger charge is 2.22. The van der Waals surface area contributed by atoms with Crippen LogP contribution in [0.4, 0.5) is 0 Å². The first-order chi connectivity index (χ1) is 12.1. The highest BCUT2D eigenvalue weighted by molar-refractivity contribution is 6.06. The molecule has 0 amide bonds. The molecule has 0 aliphatic carbocycles. The van der Waals surface area contributed by atoms with E-state index in [1.54, 1.807) is 0 Å². The van der Waals surface area contributed by atoms with Crippen LogP contribution in [0.5, 0.6) is 5.75 Å². The monoisotopic (exact) mass is 326 g/mol. The molecule has 0 N–H and O–H groups in total. The van der Waals surface area contributed by atoms with Crippen molar-refractivity contribution in [1.82, 2.24) is 0 Å². The lowest BCUT2D eigenvalue weighted by Gasteiger charge is -2.24. The molecule has 0 radical (unpaired) electrons. The molecule has 3 aromatic rings. The van der Waals surface area contributed by atoms with Gasteiger partial charge in [-0.1, -0.05) is 69.0 Å². The molecule has 0 atom stereocenters. The first-order valence-corrected chi connectivity index (χ1v) is 8.77. The standard InChI is InChI=1S/C24H22O/c1-5-17-12-13-19(15(2)3)14-21(17)24-16(4)20-10-6-8-18-9-7-11-22(25-24)23(18)20/h5-15H,1H2,2-4H3. The molecule has 1 aliphatic rings. The van der Waals surface area contributed by atoms with Crippen LogP contribution in [0.15, 0.2) is 61.2 Å². The molecular weight excluding hydrogens is 304 g/mol. The van der Waals surface area contributed by atoms with Crippen LogP contribution in [0.2, 0.25) is 0 Å². The summed E-state index contributed by atoms with van der Waals surface area (Å²) in [6, 6.07) is 19.2. The molecule has 25 heavy (non-hydrogen) atoms. The minimum Gasteiger partial charge on any atom is -0.456 e. The quantitative estimate of drug-likeness (QED) is 0.509. The highest BCUT2D eigenvalue weighted by Crippen LogP contribution is 2.43. The van der Waals surface area contributed by atoms with Crippen molar-refractivity contribution in [3.8, 4) is 5.75 Å². The van der Waals surface area contributed by atoms with Crippen molar-refractivity contribution in [2.45, 2.75) is 26.7 Å². The Morgan fingerprint density at radius 3 is 2.44 bits per heavy atom. The van der Waals surface area contributed by atoms with Gasteiger partial charge in [0.15, 0.2) is 0 Å². The summed E-state index contributed by atoms with van der Waals surface area (Å²) in [5, 5.41) is 2.42. The van der Waals surface area contributed by atoms with Gasteiger partial charge in [-0.2, -0.15) is 0 Å². The molecule has 0 aromatic heterocycles. The Bertz CT molecular complexity index is 1020. The number of hydrogen-bond donors (Lipinski definition) is 0. The van der Waals surface area contributed by atoms with E-state index in [0.29, 0.717) is 5.92 Å². The van der Waals surface area contributed by atoms with Gasteiger partial charge in [0.1, 0.15) is 11.5 Å². The molecule has 0 saturated carbocycles. The average molecular weight is 326 g/mol. The van der Waals surface area contributed by atoms with Gasteiger partial charge in [-0.05, 0) is 47.1 Å². The summed E-state index contributed by atoms with van der Waals surface area (Å²) in [5.74, 6) is 2.33. The van der Waals surface area contributed by atoms with Crippen LogP contribution in [-0.2, 0) is 0 Å². The molecule has 1 heterocycles. The molecule has 1 heteroatoms. The van der Waals surface area contributed by atoms with Gasteiger partial charge in [0.05, 0.1) is 0 Å². The maximum absolute atomic E-state index is 6.41. The third kappa shape index (κ3) is 2.47. The van der Waals surface area contributed by atoms with Gasteiger partial charge in [0.2, 0.25) is 0 Å². The van der Waals surface area contributed by atoms with Crippen molar-refractivity contribution in [2.75, 3.05) is 0 Å². The van der Waals surface area contributed by atoms with Gasteiger partial charge in [-0.15, -0.1) is 0 Å². The predicted octanol–water partition coefficient (Wildman–Crippen LogP) is 6.89. The van der Waals surface area contributed by atoms with E-state index in [2.05, 4.69) is 81.9 Å². The summed E-state index contributed by atoms with van der Waals surface area (Å²) >= 11 is 0. The highest BCUT2D eigenvalue weighted by atomic mass is 16.5. The number of benzene rings is 3. The minimum absolute atomic E-state index is 0.470. The third-order valence-electron chi connectivity index (χ3n) is 5.03. The Balaban J connectivity index is 1.99.